The van der Waals surface area contributed by atoms with Crippen LogP contribution in [-0.2, 0) is 9.59 Å². The van der Waals surface area contributed by atoms with E-state index in [-0.39, 0.29) is 51.4 Å². The topological polar surface area (TPSA) is 57.7 Å². The Bertz CT molecular complexity index is 206. The van der Waals surface area contributed by atoms with E-state index >= 15 is 0 Å². The molecule has 0 aromatic carbocycles. The van der Waals surface area contributed by atoms with E-state index in [4.69, 9.17) is 0 Å². The molecule has 13 heavy (non-hydrogen) atoms. The summed E-state index contributed by atoms with van der Waals surface area (Å²) in [5.74, 6) is -1.62. The third-order valence-electron chi connectivity index (χ3n) is 1.98. The second-order valence-electron chi connectivity index (χ2n) is 2.80. The van der Waals surface area contributed by atoms with Gasteiger partial charge in [0.15, 0.2) is 0 Å². The number of amides is 4. The maximum atomic E-state index is 11.1. The van der Waals surface area contributed by atoms with Crippen LogP contribution in [0.1, 0.15) is 6.92 Å². The molecule has 0 atom stereocenters. The predicted molar refractivity (Wildman–Crippen MR) is 47.2 cm³/mol. The number of urea groups is 1. The Morgan fingerprint density at radius 1 is 1.00 bits per heavy atom. The molecule has 68 valence electrons. The molecule has 6 heteroatoms. The van der Waals surface area contributed by atoms with Crippen molar-refractivity contribution in [1.29, 1.82) is 0 Å². The number of nitrogens with zero attached hydrogens (tertiary/aromatic N) is 2. The van der Waals surface area contributed by atoms with E-state index in [0.717, 1.165) is 9.80 Å². The van der Waals surface area contributed by atoms with Crippen LogP contribution in [-0.4, -0.2) is 93.1 Å². The maximum absolute atomic E-state index is 11.1. The van der Waals surface area contributed by atoms with E-state index < -0.39 is 23.8 Å². The number of hydrogen-bond donors (Lipinski definition) is 0. The van der Waals surface area contributed by atoms with Crippen molar-refractivity contribution in [3.63, 3.8) is 0 Å². The first-order valence-corrected chi connectivity index (χ1v) is 3.56. The molecule has 0 N–H and O–H groups in total. The van der Waals surface area contributed by atoms with Crippen LogP contribution >= 0.6 is 0 Å². The fraction of sp³-hybridized carbons (Fsp3) is 0.571. The van der Waals surface area contributed by atoms with Crippen LogP contribution in [0.5, 0.6) is 0 Å². The molecular weight excluding hydrogens is 199 g/mol. The Hall–Kier alpha value is 0.246. The van der Waals surface area contributed by atoms with Crippen molar-refractivity contribution in [2.45, 2.75) is 6.92 Å². The summed E-state index contributed by atoms with van der Waals surface area (Å²) in [7, 11) is 2.73. The van der Waals surface area contributed by atoms with Crippen LogP contribution in [0, 0.1) is 5.92 Å². The van der Waals surface area contributed by atoms with Crippen LogP contribution in [0.3, 0.4) is 0 Å². The zero-order chi connectivity index (χ0) is 9.46. The summed E-state index contributed by atoms with van der Waals surface area (Å²) in [5, 5.41) is 0. The SMILES string of the molecule is CC1C(=O)N(C)C(=O)N(C)C1=O.[KH]. The summed E-state index contributed by atoms with van der Waals surface area (Å²) in [5.41, 5.74) is 0. The van der Waals surface area contributed by atoms with Gasteiger partial charge in [0.1, 0.15) is 5.92 Å². The van der Waals surface area contributed by atoms with Crippen molar-refractivity contribution < 1.29 is 14.4 Å². The Morgan fingerprint density at radius 3 is 1.62 bits per heavy atom. The van der Waals surface area contributed by atoms with Crippen LogP contribution in [0.15, 0.2) is 0 Å². The Balaban J connectivity index is 0.00000144. The number of imide groups is 2. The van der Waals surface area contributed by atoms with E-state index in [1.165, 1.54) is 21.0 Å². The van der Waals surface area contributed by atoms with Crippen molar-refractivity contribution in [1.82, 2.24) is 9.80 Å². The first kappa shape index (κ1) is 13.2. The van der Waals surface area contributed by atoms with Crippen LogP contribution in [0.25, 0.3) is 0 Å². The molecule has 0 aliphatic carbocycles. The fourth-order valence-corrected chi connectivity index (χ4v) is 1.10. The summed E-state index contributed by atoms with van der Waals surface area (Å²) in [4.78, 5) is 35.3. The zero-order valence-corrected chi connectivity index (χ0v) is 7.20. The molecule has 0 aromatic heterocycles. The number of barbiturate groups is 1. The molecule has 0 radical (unpaired) electrons. The van der Waals surface area contributed by atoms with E-state index in [1.54, 1.807) is 0 Å². The zero-order valence-electron chi connectivity index (χ0n) is 7.20. The molecule has 5 nitrogen and oxygen atoms in total. The van der Waals surface area contributed by atoms with Gasteiger partial charge >= 0.3 is 57.4 Å². The van der Waals surface area contributed by atoms with E-state index in [2.05, 4.69) is 0 Å². The standard InChI is InChI=1S/C7H10N2O3.K.H/c1-4-5(10)8(2)7(12)9(3)6(4)11;;/h4H,1-3H3;;. The number of carbonyl (C=O) groups is 3. The molecule has 0 unspecified atom stereocenters. The van der Waals surface area contributed by atoms with Gasteiger partial charge in [-0.25, -0.2) is 4.79 Å². The monoisotopic (exact) mass is 210 g/mol. The van der Waals surface area contributed by atoms with Crippen molar-refractivity contribution in [2.24, 2.45) is 5.92 Å². The molecular formula is C7H11KN2O3. The summed E-state index contributed by atoms with van der Waals surface area (Å²) in [6.07, 6.45) is 0. The molecule has 4 amide bonds. The molecule has 1 aliphatic rings. The van der Waals surface area contributed by atoms with E-state index in [1.807, 2.05) is 0 Å². The number of rotatable bonds is 0. The van der Waals surface area contributed by atoms with Gasteiger partial charge in [0.05, 0.1) is 0 Å². The molecule has 1 aliphatic heterocycles. The van der Waals surface area contributed by atoms with Crippen molar-refractivity contribution in [3.8, 4) is 0 Å². The molecule has 0 bridgehead atoms. The van der Waals surface area contributed by atoms with E-state index in [9.17, 15) is 14.4 Å². The van der Waals surface area contributed by atoms with Gasteiger partial charge < -0.3 is 0 Å². The molecule has 1 heterocycles. The van der Waals surface area contributed by atoms with Crippen molar-refractivity contribution >= 4 is 69.2 Å². The van der Waals surface area contributed by atoms with Crippen LogP contribution < -0.4 is 0 Å². The average molecular weight is 210 g/mol. The van der Waals surface area contributed by atoms with Gasteiger partial charge in [-0.05, 0) is 6.92 Å². The Labute approximate surface area is 119 Å². The number of hydrogen-bond acceptors (Lipinski definition) is 3. The van der Waals surface area contributed by atoms with Gasteiger partial charge in [-0.1, -0.05) is 0 Å². The summed E-state index contributed by atoms with van der Waals surface area (Å²) in [6, 6.07) is -0.567. The normalized spacial score (nSPS) is 19.2. The third-order valence-corrected chi connectivity index (χ3v) is 1.98. The molecule has 0 saturated carbocycles. The first-order chi connectivity index (χ1) is 5.46. The van der Waals surface area contributed by atoms with Gasteiger partial charge in [-0.15, -0.1) is 0 Å². The molecule has 0 spiro atoms. The predicted octanol–water partition coefficient (Wildman–Crippen LogP) is -0.976. The fourth-order valence-electron chi connectivity index (χ4n) is 1.10. The minimum absolute atomic E-state index is 0. The van der Waals surface area contributed by atoms with Crippen molar-refractivity contribution in [2.75, 3.05) is 14.1 Å². The Kier molecular flexibility index (Phi) is 4.74. The average Bonchev–Trinajstić information content (AvgIpc) is 2.08. The van der Waals surface area contributed by atoms with Crippen LogP contribution in [0.4, 0.5) is 4.79 Å². The van der Waals surface area contributed by atoms with Gasteiger partial charge in [0.25, 0.3) is 0 Å². The molecule has 0 aromatic rings. The minimum atomic E-state index is -0.738. The van der Waals surface area contributed by atoms with E-state index in [0.29, 0.717) is 0 Å². The second kappa shape index (κ2) is 4.65. The van der Waals surface area contributed by atoms with Gasteiger partial charge in [-0.2, -0.15) is 0 Å². The third kappa shape index (κ3) is 2.19. The van der Waals surface area contributed by atoms with Gasteiger partial charge in [0.2, 0.25) is 11.8 Å². The molecule has 1 fully saturated rings. The summed E-state index contributed by atoms with van der Waals surface area (Å²) < 4.78 is 0. The quantitative estimate of drug-likeness (QED) is 0.381. The summed E-state index contributed by atoms with van der Waals surface area (Å²) in [6.45, 7) is 1.49. The first-order valence-electron chi connectivity index (χ1n) is 3.56. The second-order valence-corrected chi connectivity index (χ2v) is 2.80. The number of carbonyl (C=O) groups excluding carboxylic acids is 3. The Morgan fingerprint density at radius 2 is 1.31 bits per heavy atom. The molecule has 1 saturated heterocycles. The summed E-state index contributed by atoms with van der Waals surface area (Å²) >= 11 is 0. The van der Waals surface area contributed by atoms with Crippen LogP contribution in [0.2, 0.25) is 0 Å². The van der Waals surface area contributed by atoms with Crippen molar-refractivity contribution in [3.05, 3.63) is 0 Å². The molecule has 1 rings (SSSR count). The van der Waals surface area contributed by atoms with Gasteiger partial charge in [0, 0.05) is 14.1 Å². The van der Waals surface area contributed by atoms with Gasteiger partial charge in [-0.3, -0.25) is 19.4 Å².